The first-order valence-corrected chi connectivity index (χ1v) is 6.96. The monoisotopic (exact) mass is 226 g/mol. The molecule has 3 heteroatoms. The predicted molar refractivity (Wildman–Crippen MR) is 65.9 cm³/mol. The molecule has 2 rings (SSSR count). The molecule has 1 saturated heterocycles. The van der Waals surface area contributed by atoms with Crippen molar-refractivity contribution >= 4 is 0 Å². The fourth-order valence-corrected chi connectivity index (χ4v) is 3.24. The van der Waals surface area contributed by atoms with Crippen LogP contribution in [0.4, 0.5) is 0 Å². The summed E-state index contributed by atoms with van der Waals surface area (Å²) in [5.74, 6) is 5.84. The van der Waals surface area contributed by atoms with E-state index < -0.39 is 0 Å². The van der Waals surface area contributed by atoms with Gasteiger partial charge in [-0.2, -0.15) is 0 Å². The Balaban J connectivity index is 1.74. The molecule has 1 aliphatic heterocycles. The van der Waals surface area contributed by atoms with Crippen LogP contribution >= 0.6 is 0 Å². The molecule has 0 radical (unpaired) electrons. The second-order valence-electron chi connectivity index (χ2n) is 5.46. The van der Waals surface area contributed by atoms with Crippen molar-refractivity contribution in [2.45, 2.75) is 57.4 Å². The number of hydrogen-bond donors (Lipinski definition) is 1. The number of likely N-dealkylation sites (tertiary alicyclic amines) is 1. The van der Waals surface area contributed by atoms with E-state index in [1.807, 2.05) is 0 Å². The molecule has 1 saturated carbocycles. The van der Waals surface area contributed by atoms with Crippen LogP contribution in [0.1, 0.15) is 51.4 Å². The van der Waals surface area contributed by atoms with Gasteiger partial charge in [-0.15, -0.1) is 0 Å². The van der Waals surface area contributed by atoms with E-state index in [0.717, 1.165) is 12.6 Å². The largest absolute Gasteiger partial charge is 0.304 e. The SMILES string of the molecule is NOCC1CCN(C2CCCCCC2)CC1. The van der Waals surface area contributed by atoms with Crippen LogP contribution in [-0.4, -0.2) is 30.6 Å². The molecule has 2 fully saturated rings. The van der Waals surface area contributed by atoms with Crippen LogP contribution in [-0.2, 0) is 4.84 Å². The first-order chi connectivity index (χ1) is 7.90. The van der Waals surface area contributed by atoms with Crippen molar-refractivity contribution < 1.29 is 4.84 Å². The minimum atomic E-state index is 0.701. The van der Waals surface area contributed by atoms with E-state index >= 15 is 0 Å². The van der Waals surface area contributed by atoms with Crippen molar-refractivity contribution in [3.8, 4) is 0 Å². The average Bonchev–Trinajstić information content (AvgIpc) is 2.59. The molecule has 1 aliphatic carbocycles. The number of piperidine rings is 1. The summed E-state index contributed by atoms with van der Waals surface area (Å²) in [6.45, 7) is 3.27. The predicted octanol–water partition coefficient (Wildman–Crippen LogP) is 2.31. The highest BCUT2D eigenvalue weighted by Crippen LogP contribution is 2.26. The van der Waals surface area contributed by atoms with Crippen molar-refractivity contribution in [3.63, 3.8) is 0 Å². The van der Waals surface area contributed by atoms with Crippen LogP contribution in [0.25, 0.3) is 0 Å². The van der Waals surface area contributed by atoms with E-state index in [1.54, 1.807) is 0 Å². The second-order valence-corrected chi connectivity index (χ2v) is 5.46. The van der Waals surface area contributed by atoms with E-state index in [0.29, 0.717) is 5.92 Å². The van der Waals surface area contributed by atoms with Crippen LogP contribution < -0.4 is 5.90 Å². The van der Waals surface area contributed by atoms with Gasteiger partial charge in [0.15, 0.2) is 0 Å². The number of nitrogens with zero attached hydrogens (tertiary/aromatic N) is 1. The minimum Gasteiger partial charge on any atom is -0.304 e. The van der Waals surface area contributed by atoms with Crippen LogP contribution in [0.3, 0.4) is 0 Å². The molecule has 0 aromatic rings. The summed E-state index contributed by atoms with van der Waals surface area (Å²) in [5.41, 5.74) is 0. The maximum absolute atomic E-state index is 5.14. The van der Waals surface area contributed by atoms with E-state index in [-0.39, 0.29) is 0 Å². The Morgan fingerprint density at radius 3 is 2.12 bits per heavy atom. The molecule has 3 nitrogen and oxygen atoms in total. The van der Waals surface area contributed by atoms with Gasteiger partial charge in [0.2, 0.25) is 0 Å². The topological polar surface area (TPSA) is 38.5 Å². The normalized spacial score (nSPS) is 26.8. The Morgan fingerprint density at radius 1 is 0.938 bits per heavy atom. The van der Waals surface area contributed by atoms with E-state index in [2.05, 4.69) is 4.90 Å². The van der Waals surface area contributed by atoms with Gasteiger partial charge in [0.1, 0.15) is 0 Å². The van der Waals surface area contributed by atoms with Crippen molar-refractivity contribution in [1.29, 1.82) is 0 Å². The molecule has 0 unspecified atom stereocenters. The first-order valence-electron chi connectivity index (χ1n) is 6.96. The average molecular weight is 226 g/mol. The van der Waals surface area contributed by atoms with Gasteiger partial charge in [-0.25, -0.2) is 5.90 Å². The fraction of sp³-hybridized carbons (Fsp3) is 1.00. The summed E-state index contributed by atoms with van der Waals surface area (Å²) in [4.78, 5) is 7.48. The molecule has 0 spiro atoms. The van der Waals surface area contributed by atoms with E-state index in [1.165, 1.54) is 64.5 Å². The summed E-state index contributed by atoms with van der Waals surface area (Å²) in [7, 11) is 0. The van der Waals surface area contributed by atoms with Crippen LogP contribution in [0, 0.1) is 5.92 Å². The Kier molecular flexibility index (Phi) is 5.07. The molecule has 2 aliphatic rings. The molecule has 0 amide bonds. The molecule has 0 aromatic carbocycles. The van der Waals surface area contributed by atoms with Crippen molar-refractivity contribution in [2.75, 3.05) is 19.7 Å². The lowest BCUT2D eigenvalue weighted by Crippen LogP contribution is -2.42. The molecule has 0 bridgehead atoms. The second kappa shape index (κ2) is 6.58. The third-order valence-electron chi connectivity index (χ3n) is 4.32. The fourth-order valence-electron chi connectivity index (χ4n) is 3.24. The van der Waals surface area contributed by atoms with Gasteiger partial charge in [0.25, 0.3) is 0 Å². The first kappa shape index (κ1) is 12.3. The summed E-state index contributed by atoms with van der Waals surface area (Å²) in [6.07, 6.45) is 11.2. The van der Waals surface area contributed by atoms with Gasteiger partial charge in [-0.05, 0) is 44.7 Å². The third kappa shape index (κ3) is 3.44. The quantitative estimate of drug-likeness (QED) is 0.593. The summed E-state index contributed by atoms with van der Waals surface area (Å²) < 4.78 is 0. The number of rotatable bonds is 3. The zero-order valence-corrected chi connectivity index (χ0v) is 10.4. The lowest BCUT2D eigenvalue weighted by molar-refractivity contribution is 0.0528. The van der Waals surface area contributed by atoms with E-state index in [4.69, 9.17) is 10.7 Å². The summed E-state index contributed by atoms with van der Waals surface area (Å²) >= 11 is 0. The highest BCUT2D eigenvalue weighted by Gasteiger charge is 2.25. The summed E-state index contributed by atoms with van der Waals surface area (Å²) in [6, 6.07) is 0.877. The molecular weight excluding hydrogens is 200 g/mol. The highest BCUT2D eigenvalue weighted by molar-refractivity contribution is 4.79. The standard InChI is InChI=1S/C13H26N2O/c14-16-11-12-7-9-15(10-8-12)13-5-3-1-2-4-6-13/h12-13H,1-11,14H2. The van der Waals surface area contributed by atoms with Gasteiger partial charge in [-0.1, -0.05) is 25.7 Å². The molecule has 16 heavy (non-hydrogen) atoms. The van der Waals surface area contributed by atoms with Crippen LogP contribution in [0.5, 0.6) is 0 Å². The number of hydrogen-bond acceptors (Lipinski definition) is 3. The maximum Gasteiger partial charge on any atom is 0.0708 e. The van der Waals surface area contributed by atoms with Crippen molar-refractivity contribution in [2.24, 2.45) is 11.8 Å². The highest BCUT2D eigenvalue weighted by atomic mass is 16.6. The van der Waals surface area contributed by atoms with Crippen LogP contribution in [0.15, 0.2) is 0 Å². The van der Waals surface area contributed by atoms with Gasteiger partial charge >= 0.3 is 0 Å². The minimum absolute atomic E-state index is 0.701. The zero-order valence-electron chi connectivity index (χ0n) is 10.4. The molecule has 2 N–H and O–H groups in total. The third-order valence-corrected chi connectivity index (χ3v) is 4.32. The zero-order chi connectivity index (χ0) is 11.2. The molecule has 0 atom stereocenters. The van der Waals surface area contributed by atoms with E-state index in [9.17, 15) is 0 Å². The Hall–Kier alpha value is -0.120. The summed E-state index contributed by atoms with van der Waals surface area (Å²) in [5, 5.41) is 0. The lowest BCUT2D eigenvalue weighted by atomic mass is 9.95. The Bertz CT molecular complexity index is 182. The smallest absolute Gasteiger partial charge is 0.0708 e. The molecular formula is C13H26N2O. The van der Waals surface area contributed by atoms with Gasteiger partial charge < -0.3 is 9.74 Å². The van der Waals surface area contributed by atoms with Crippen LogP contribution in [0.2, 0.25) is 0 Å². The van der Waals surface area contributed by atoms with Gasteiger partial charge in [-0.3, -0.25) is 0 Å². The Labute approximate surface area is 99.3 Å². The van der Waals surface area contributed by atoms with Gasteiger partial charge in [0, 0.05) is 6.04 Å². The molecule has 0 aromatic heterocycles. The van der Waals surface area contributed by atoms with Gasteiger partial charge in [0.05, 0.1) is 6.61 Å². The maximum atomic E-state index is 5.14. The van der Waals surface area contributed by atoms with Crippen molar-refractivity contribution in [1.82, 2.24) is 4.90 Å². The molecule has 1 heterocycles. The molecule has 94 valence electrons. The van der Waals surface area contributed by atoms with Crippen molar-refractivity contribution in [3.05, 3.63) is 0 Å². The number of nitrogens with two attached hydrogens (primary N) is 1. The Morgan fingerprint density at radius 2 is 1.56 bits per heavy atom. The lowest BCUT2D eigenvalue weighted by Gasteiger charge is -2.37.